The summed E-state index contributed by atoms with van der Waals surface area (Å²) in [4.78, 5) is 6.38. The molecule has 2 aromatic heterocycles. The summed E-state index contributed by atoms with van der Waals surface area (Å²) >= 11 is 5.53. The highest BCUT2D eigenvalue weighted by Crippen LogP contribution is 2.30. The van der Waals surface area contributed by atoms with Crippen LogP contribution in [-0.4, -0.2) is 19.7 Å². The number of rotatable bonds is 3. The van der Waals surface area contributed by atoms with E-state index in [0.717, 1.165) is 6.07 Å². The SMILES string of the molecule is CC(C)n1cc(Oc2cc(Cl)nc(C(F)(F)F)n2)cn1. The molecule has 2 rings (SSSR count). The van der Waals surface area contributed by atoms with Crippen LogP contribution in [0.1, 0.15) is 25.7 Å². The Balaban J connectivity index is 2.26. The van der Waals surface area contributed by atoms with Crippen LogP contribution in [0.3, 0.4) is 0 Å². The van der Waals surface area contributed by atoms with Gasteiger partial charge in [-0.1, -0.05) is 11.6 Å². The summed E-state index contributed by atoms with van der Waals surface area (Å²) < 4.78 is 44.4. The average molecular weight is 307 g/mol. The molecule has 0 spiro atoms. The summed E-state index contributed by atoms with van der Waals surface area (Å²) in [6.07, 6.45) is -1.76. The van der Waals surface area contributed by atoms with Crippen LogP contribution < -0.4 is 4.74 Å². The van der Waals surface area contributed by atoms with Crippen molar-refractivity contribution in [2.75, 3.05) is 0 Å². The summed E-state index contributed by atoms with van der Waals surface area (Å²) in [7, 11) is 0. The van der Waals surface area contributed by atoms with Crippen molar-refractivity contribution in [3.8, 4) is 11.6 Å². The van der Waals surface area contributed by atoms with Crippen LogP contribution in [-0.2, 0) is 6.18 Å². The van der Waals surface area contributed by atoms with Gasteiger partial charge in [0.2, 0.25) is 11.7 Å². The van der Waals surface area contributed by atoms with Crippen molar-refractivity contribution in [2.45, 2.75) is 26.1 Å². The molecule has 0 aliphatic heterocycles. The van der Waals surface area contributed by atoms with E-state index in [-0.39, 0.29) is 22.8 Å². The summed E-state index contributed by atoms with van der Waals surface area (Å²) in [5.74, 6) is -1.38. The monoisotopic (exact) mass is 306 g/mol. The van der Waals surface area contributed by atoms with Crippen LogP contribution in [0, 0.1) is 0 Å². The van der Waals surface area contributed by atoms with Crippen molar-refractivity contribution in [2.24, 2.45) is 0 Å². The molecule has 0 aliphatic rings. The van der Waals surface area contributed by atoms with Gasteiger partial charge in [0, 0.05) is 12.1 Å². The Kier molecular flexibility index (Phi) is 3.85. The first-order chi connectivity index (χ1) is 9.25. The molecule has 0 aliphatic carbocycles. The van der Waals surface area contributed by atoms with Crippen LogP contribution in [0.25, 0.3) is 0 Å². The van der Waals surface area contributed by atoms with Gasteiger partial charge in [0.05, 0.1) is 12.4 Å². The zero-order valence-electron chi connectivity index (χ0n) is 10.5. The van der Waals surface area contributed by atoms with Crippen LogP contribution in [0.2, 0.25) is 5.15 Å². The van der Waals surface area contributed by atoms with Gasteiger partial charge in [0.1, 0.15) is 5.15 Å². The van der Waals surface area contributed by atoms with Crippen molar-refractivity contribution in [1.29, 1.82) is 0 Å². The second kappa shape index (κ2) is 5.28. The Bertz CT molecular complexity index is 612. The Morgan fingerprint density at radius 3 is 2.55 bits per heavy atom. The van der Waals surface area contributed by atoms with Crippen LogP contribution >= 0.6 is 11.6 Å². The first kappa shape index (κ1) is 14.6. The molecular weight excluding hydrogens is 297 g/mol. The number of hydrogen-bond acceptors (Lipinski definition) is 4. The van der Waals surface area contributed by atoms with Gasteiger partial charge in [0.25, 0.3) is 0 Å². The minimum atomic E-state index is -4.69. The van der Waals surface area contributed by atoms with Crippen molar-refractivity contribution < 1.29 is 17.9 Å². The summed E-state index contributed by atoms with van der Waals surface area (Å²) in [5.41, 5.74) is 0. The number of halogens is 4. The maximum Gasteiger partial charge on any atom is 0.451 e. The number of hydrogen-bond donors (Lipinski definition) is 0. The largest absolute Gasteiger partial charge is 0.451 e. The fraction of sp³-hybridized carbons (Fsp3) is 0.364. The van der Waals surface area contributed by atoms with E-state index in [2.05, 4.69) is 15.1 Å². The standard InChI is InChI=1S/C11H10ClF3N4O/c1-6(2)19-5-7(4-16-19)20-9-3-8(12)17-10(18-9)11(13,14)15/h3-6H,1-2H3. The van der Waals surface area contributed by atoms with Crippen molar-refractivity contribution in [3.05, 3.63) is 29.4 Å². The molecule has 0 bridgehead atoms. The third-order valence-corrected chi connectivity index (χ3v) is 2.45. The zero-order valence-corrected chi connectivity index (χ0v) is 11.3. The second-order valence-corrected chi connectivity index (χ2v) is 4.59. The lowest BCUT2D eigenvalue weighted by atomic mass is 10.4. The van der Waals surface area contributed by atoms with Gasteiger partial charge in [0.15, 0.2) is 5.75 Å². The van der Waals surface area contributed by atoms with E-state index in [1.807, 2.05) is 13.8 Å². The van der Waals surface area contributed by atoms with Gasteiger partial charge >= 0.3 is 6.18 Å². The second-order valence-electron chi connectivity index (χ2n) is 4.20. The highest BCUT2D eigenvalue weighted by atomic mass is 35.5. The molecule has 0 saturated heterocycles. The summed E-state index contributed by atoms with van der Waals surface area (Å²) in [6.45, 7) is 3.81. The van der Waals surface area contributed by atoms with Crippen molar-refractivity contribution in [1.82, 2.24) is 19.7 Å². The number of alkyl halides is 3. The number of ether oxygens (including phenoxy) is 1. The van der Waals surface area contributed by atoms with E-state index in [1.165, 1.54) is 6.20 Å². The highest BCUT2D eigenvalue weighted by Gasteiger charge is 2.35. The lowest BCUT2D eigenvalue weighted by Gasteiger charge is -2.07. The fourth-order valence-electron chi connectivity index (χ4n) is 1.35. The minimum absolute atomic E-state index is 0.104. The molecule has 0 amide bonds. The van der Waals surface area contributed by atoms with E-state index < -0.39 is 12.0 Å². The Morgan fingerprint density at radius 2 is 2.00 bits per heavy atom. The molecule has 0 aromatic carbocycles. The maximum absolute atomic E-state index is 12.5. The molecule has 5 nitrogen and oxygen atoms in total. The predicted octanol–water partition coefficient (Wildman–Crippen LogP) is 3.72. The Hall–Kier alpha value is -1.83. The smallest absolute Gasteiger partial charge is 0.436 e. The fourth-order valence-corrected chi connectivity index (χ4v) is 1.53. The van der Waals surface area contributed by atoms with E-state index >= 15 is 0 Å². The summed E-state index contributed by atoms with van der Waals surface area (Å²) in [5, 5.41) is 3.65. The molecule has 2 aromatic rings. The van der Waals surface area contributed by atoms with E-state index in [9.17, 15) is 13.2 Å². The van der Waals surface area contributed by atoms with Gasteiger partial charge in [-0.3, -0.25) is 4.68 Å². The molecule has 0 saturated carbocycles. The Morgan fingerprint density at radius 1 is 1.30 bits per heavy atom. The Labute approximate surface area is 117 Å². The van der Waals surface area contributed by atoms with Gasteiger partial charge in [-0.2, -0.15) is 23.3 Å². The van der Waals surface area contributed by atoms with Gasteiger partial charge in [-0.05, 0) is 13.8 Å². The average Bonchev–Trinajstić information content (AvgIpc) is 2.75. The van der Waals surface area contributed by atoms with Crippen molar-refractivity contribution >= 4 is 11.6 Å². The van der Waals surface area contributed by atoms with E-state index in [0.29, 0.717) is 0 Å². The number of nitrogens with zero attached hydrogens (tertiary/aromatic N) is 4. The highest BCUT2D eigenvalue weighted by molar-refractivity contribution is 6.29. The first-order valence-electron chi connectivity index (χ1n) is 5.59. The number of aromatic nitrogens is 4. The third kappa shape index (κ3) is 3.38. The molecule has 9 heteroatoms. The molecule has 0 radical (unpaired) electrons. The predicted molar refractivity (Wildman–Crippen MR) is 64.7 cm³/mol. The maximum atomic E-state index is 12.5. The first-order valence-corrected chi connectivity index (χ1v) is 5.97. The topological polar surface area (TPSA) is 52.8 Å². The van der Waals surface area contributed by atoms with Gasteiger partial charge < -0.3 is 4.74 Å². The summed E-state index contributed by atoms with van der Waals surface area (Å²) in [6, 6.07) is 1.20. The molecule has 0 atom stereocenters. The molecule has 2 heterocycles. The molecule has 0 unspecified atom stereocenters. The quantitative estimate of drug-likeness (QED) is 0.811. The molecule has 108 valence electrons. The molecule has 20 heavy (non-hydrogen) atoms. The van der Waals surface area contributed by atoms with Gasteiger partial charge in [-0.25, -0.2) is 4.98 Å². The van der Waals surface area contributed by atoms with Crippen LogP contribution in [0.15, 0.2) is 18.5 Å². The minimum Gasteiger partial charge on any atom is -0.436 e. The lowest BCUT2D eigenvalue weighted by molar-refractivity contribution is -0.145. The molecule has 0 fully saturated rings. The molecule has 0 N–H and O–H groups in total. The third-order valence-electron chi connectivity index (χ3n) is 2.25. The van der Waals surface area contributed by atoms with Gasteiger partial charge in [-0.15, -0.1) is 0 Å². The van der Waals surface area contributed by atoms with Crippen LogP contribution in [0.5, 0.6) is 11.6 Å². The molecular formula is C11H10ClF3N4O. The normalized spacial score (nSPS) is 11.9. The van der Waals surface area contributed by atoms with E-state index in [4.69, 9.17) is 16.3 Å². The van der Waals surface area contributed by atoms with E-state index in [1.54, 1.807) is 10.9 Å². The van der Waals surface area contributed by atoms with Crippen molar-refractivity contribution in [3.63, 3.8) is 0 Å². The van der Waals surface area contributed by atoms with Crippen LogP contribution in [0.4, 0.5) is 13.2 Å². The lowest BCUT2D eigenvalue weighted by Crippen LogP contribution is -2.11. The zero-order chi connectivity index (χ0) is 14.9.